The van der Waals surface area contributed by atoms with Gasteiger partial charge in [0.1, 0.15) is 5.75 Å². The van der Waals surface area contributed by atoms with Crippen molar-refractivity contribution in [2.24, 2.45) is 16.7 Å². The second-order valence-electron chi connectivity index (χ2n) is 11.4. The van der Waals surface area contributed by atoms with E-state index in [0.29, 0.717) is 11.3 Å². The van der Waals surface area contributed by atoms with E-state index in [2.05, 4.69) is 72.7 Å². The summed E-state index contributed by atoms with van der Waals surface area (Å²) in [5, 5.41) is 0. The highest BCUT2D eigenvalue weighted by Crippen LogP contribution is 2.43. The Morgan fingerprint density at radius 1 is 1.00 bits per heavy atom. The lowest BCUT2D eigenvalue weighted by atomic mass is 9.69. The molecule has 1 fully saturated rings. The first kappa shape index (κ1) is 24.3. The van der Waals surface area contributed by atoms with Gasteiger partial charge in [-0.25, -0.2) is 0 Å². The molecule has 0 bridgehead atoms. The average molecular weight is 403 g/mol. The molecular formula is C27H46O2. The molecule has 0 aliphatic heterocycles. The molecule has 0 aromatic heterocycles. The second-order valence-corrected chi connectivity index (χ2v) is 11.4. The van der Waals surface area contributed by atoms with Crippen molar-refractivity contribution in [1.82, 2.24) is 0 Å². The number of hydrogen-bond acceptors (Lipinski definition) is 2. The smallest absolute Gasteiger partial charge is 0.199 e. The van der Waals surface area contributed by atoms with Crippen molar-refractivity contribution in [1.29, 1.82) is 0 Å². The summed E-state index contributed by atoms with van der Waals surface area (Å²) in [6.45, 7) is 17.0. The fraction of sp³-hybridized carbons (Fsp3) is 0.778. The van der Waals surface area contributed by atoms with Crippen LogP contribution < -0.4 is 4.74 Å². The SMILES string of the molecule is CCC(OCCC1CCCCC1)Oc1cccc(C(CC(C)(C)C)C(C)(C)C)c1. The van der Waals surface area contributed by atoms with Gasteiger partial charge >= 0.3 is 0 Å². The zero-order valence-corrected chi connectivity index (χ0v) is 20.2. The van der Waals surface area contributed by atoms with Gasteiger partial charge in [-0.15, -0.1) is 0 Å². The molecule has 0 N–H and O–H groups in total. The molecular weight excluding hydrogens is 356 g/mol. The summed E-state index contributed by atoms with van der Waals surface area (Å²) >= 11 is 0. The molecule has 2 atom stereocenters. The normalized spacial score (nSPS) is 18.4. The molecule has 166 valence electrons. The molecule has 1 aromatic carbocycles. The van der Waals surface area contributed by atoms with E-state index < -0.39 is 0 Å². The van der Waals surface area contributed by atoms with Crippen molar-refractivity contribution in [3.8, 4) is 5.75 Å². The summed E-state index contributed by atoms with van der Waals surface area (Å²) < 4.78 is 12.4. The van der Waals surface area contributed by atoms with Crippen molar-refractivity contribution < 1.29 is 9.47 Å². The number of benzene rings is 1. The fourth-order valence-electron chi connectivity index (χ4n) is 4.57. The predicted molar refractivity (Wildman–Crippen MR) is 125 cm³/mol. The van der Waals surface area contributed by atoms with Crippen LogP contribution >= 0.6 is 0 Å². The Balaban J connectivity index is 1.98. The van der Waals surface area contributed by atoms with E-state index in [1.165, 1.54) is 44.1 Å². The van der Waals surface area contributed by atoms with Gasteiger partial charge < -0.3 is 9.47 Å². The van der Waals surface area contributed by atoms with Crippen LogP contribution in [0, 0.1) is 16.7 Å². The highest BCUT2D eigenvalue weighted by molar-refractivity contribution is 5.32. The Morgan fingerprint density at radius 2 is 1.69 bits per heavy atom. The van der Waals surface area contributed by atoms with Crippen LogP contribution in [-0.4, -0.2) is 12.9 Å². The van der Waals surface area contributed by atoms with Gasteiger partial charge in [0.05, 0.1) is 6.61 Å². The van der Waals surface area contributed by atoms with E-state index in [4.69, 9.17) is 9.47 Å². The third-order valence-electron chi connectivity index (χ3n) is 6.28. The van der Waals surface area contributed by atoms with Gasteiger partial charge in [-0.05, 0) is 53.2 Å². The summed E-state index contributed by atoms with van der Waals surface area (Å²) in [6, 6.07) is 8.72. The van der Waals surface area contributed by atoms with Crippen LogP contribution in [0.2, 0.25) is 0 Å². The van der Waals surface area contributed by atoms with E-state index >= 15 is 0 Å². The maximum atomic E-state index is 6.26. The van der Waals surface area contributed by atoms with Crippen LogP contribution in [0.1, 0.15) is 111 Å². The molecule has 1 aromatic rings. The first-order chi connectivity index (χ1) is 13.6. The number of ether oxygens (including phenoxy) is 2. The molecule has 2 nitrogen and oxygen atoms in total. The first-order valence-corrected chi connectivity index (χ1v) is 12.0. The standard InChI is InChI=1S/C27H46O2/c1-8-25(28-18-17-21-13-10-9-11-14-21)29-23-16-12-15-22(19-23)24(27(5,6)7)20-26(2,3)4/h12,15-16,19,21,24-25H,8-11,13-14,17-18,20H2,1-7H3. The Bertz CT molecular complexity index is 587. The van der Waals surface area contributed by atoms with Crippen molar-refractivity contribution in [3.63, 3.8) is 0 Å². The molecule has 2 unspecified atom stereocenters. The molecule has 2 rings (SSSR count). The summed E-state index contributed by atoms with van der Waals surface area (Å²) in [5.74, 6) is 2.29. The first-order valence-electron chi connectivity index (χ1n) is 12.0. The Labute approximate surface area is 180 Å². The Morgan fingerprint density at radius 3 is 2.28 bits per heavy atom. The lowest BCUT2D eigenvalue weighted by Crippen LogP contribution is -2.24. The highest BCUT2D eigenvalue weighted by atomic mass is 16.7. The topological polar surface area (TPSA) is 18.5 Å². The van der Waals surface area contributed by atoms with Gasteiger partial charge in [0.2, 0.25) is 0 Å². The maximum Gasteiger partial charge on any atom is 0.199 e. The quantitative estimate of drug-likeness (QED) is 0.386. The van der Waals surface area contributed by atoms with Crippen molar-refractivity contribution in [3.05, 3.63) is 29.8 Å². The fourth-order valence-corrected chi connectivity index (χ4v) is 4.57. The van der Waals surface area contributed by atoms with Gasteiger partial charge in [0.25, 0.3) is 0 Å². The number of hydrogen-bond donors (Lipinski definition) is 0. The predicted octanol–water partition coefficient (Wildman–Crippen LogP) is 8.35. The van der Waals surface area contributed by atoms with E-state index in [1.54, 1.807) is 0 Å². The Kier molecular flexibility index (Phi) is 9.07. The number of rotatable bonds is 9. The van der Waals surface area contributed by atoms with Crippen molar-refractivity contribution >= 4 is 0 Å². The third kappa shape index (κ3) is 8.70. The molecule has 2 heteroatoms. The molecule has 0 spiro atoms. The van der Waals surface area contributed by atoms with Gasteiger partial charge in [-0.3, -0.25) is 0 Å². The molecule has 0 heterocycles. The van der Waals surface area contributed by atoms with Gasteiger partial charge in [-0.2, -0.15) is 0 Å². The summed E-state index contributed by atoms with van der Waals surface area (Å²) in [5.41, 5.74) is 1.89. The molecule has 0 amide bonds. The zero-order valence-electron chi connectivity index (χ0n) is 20.2. The van der Waals surface area contributed by atoms with E-state index in [0.717, 1.165) is 31.1 Å². The monoisotopic (exact) mass is 402 g/mol. The van der Waals surface area contributed by atoms with Crippen molar-refractivity contribution in [2.45, 2.75) is 112 Å². The van der Waals surface area contributed by atoms with Crippen LogP contribution in [-0.2, 0) is 4.74 Å². The summed E-state index contributed by atoms with van der Waals surface area (Å²) in [6.07, 6.45) is 10.0. The molecule has 1 aliphatic rings. The van der Waals surface area contributed by atoms with Crippen LogP contribution in [0.4, 0.5) is 0 Å². The van der Waals surface area contributed by atoms with Crippen LogP contribution in [0.25, 0.3) is 0 Å². The molecule has 0 radical (unpaired) electrons. The summed E-state index contributed by atoms with van der Waals surface area (Å²) in [7, 11) is 0. The Hall–Kier alpha value is -1.02. The lowest BCUT2D eigenvalue weighted by molar-refractivity contribution is -0.0856. The molecule has 1 saturated carbocycles. The minimum absolute atomic E-state index is 0.149. The second kappa shape index (κ2) is 10.8. The molecule has 1 aliphatic carbocycles. The van der Waals surface area contributed by atoms with Gasteiger partial charge in [0.15, 0.2) is 6.29 Å². The third-order valence-corrected chi connectivity index (χ3v) is 6.28. The highest BCUT2D eigenvalue weighted by Gasteiger charge is 2.30. The lowest BCUT2D eigenvalue weighted by Gasteiger charge is -2.36. The van der Waals surface area contributed by atoms with Crippen LogP contribution in [0.3, 0.4) is 0 Å². The van der Waals surface area contributed by atoms with Crippen LogP contribution in [0.15, 0.2) is 24.3 Å². The van der Waals surface area contributed by atoms with Gasteiger partial charge in [0, 0.05) is 6.42 Å². The maximum absolute atomic E-state index is 6.26. The zero-order chi connectivity index (χ0) is 21.5. The minimum Gasteiger partial charge on any atom is -0.465 e. The largest absolute Gasteiger partial charge is 0.465 e. The van der Waals surface area contributed by atoms with E-state index in [1.807, 2.05) is 0 Å². The van der Waals surface area contributed by atoms with E-state index in [-0.39, 0.29) is 11.7 Å². The van der Waals surface area contributed by atoms with Crippen LogP contribution in [0.5, 0.6) is 5.75 Å². The summed E-state index contributed by atoms with van der Waals surface area (Å²) in [4.78, 5) is 0. The van der Waals surface area contributed by atoms with Crippen molar-refractivity contribution in [2.75, 3.05) is 6.61 Å². The molecule has 0 saturated heterocycles. The molecule has 29 heavy (non-hydrogen) atoms. The van der Waals surface area contributed by atoms with E-state index in [9.17, 15) is 0 Å². The minimum atomic E-state index is -0.149. The average Bonchev–Trinajstić information content (AvgIpc) is 2.65. The van der Waals surface area contributed by atoms with Gasteiger partial charge in [-0.1, -0.05) is 92.7 Å².